The van der Waals surface area contributed by atoms with Gasteiger partial charge in [-0.2, -0.15) is 18.3 Å². The summed E-state index contributed by atoms with van der Waals surface area (Å²) in [5, 5.41) is 7.02. The zero-order valence-electron chi connectivity index (χ0n) is 19.2. The highest BCUT2D eigenvalue weighted by Gasteiger charge is 2.35. The van der Waals surface area contributed by atoms with Crippen LogP contribution in [-0.4, -0.2) is 22.2 Å². The molecule has 0 spiro atoms. The normalized spacial score (nSPS) is 11.4. The number of para-hydroxylation sites is 1. The Labute approximate surface area is 225 Å². The van der Waals surface area contributed by atoms with Crippen LogP contribution in [0, 0.1) is 0 Å². The van der Waals surface area contributed by atoms with E-state index in [1.165, 1.54) is 12.1 Å². The van der Waals surface area contributed by atoms with Crippen LogP contribution in [0.4, 0.5) is 13.2 Å². The molecule has 4 aromatic rings. The van der Waals surface area contributed by atoms with Gasteiger partial charge in [-0.05, 0) is 60.5 Å². The van der Waals surface area contributed by atoms with Gasteiger partial charge in [0.2, 0.25) is 0 Å². The maximum Gasteiger partial charge on any atom is 0.435 e. The molecular formula is C26H19Cl3F3N3O2. The lowest BCUT2D eigenvalue weighted by molar-refractivity contribution is -0.141. The number of carbonyl (C=O) groups is 1. The second kappa shape index (κ2) is 11.0. The highest BCUT2D eigenvalue weighted by Crippen LogP contribution is 2.34. The first-order valence-corrected chi connectivity index (χ1v) is 12.1. The quantitative estimate of drug-likeness (QED) is 0.247. The number of rotatable bonds is 7. The van der Waals surface area contributed by atoms with Gasteiger partial charge in [0.1, 0.15) is 18.0 Å². The maximum absolute atomic E-state index is 13.4. The van der Waals surface area contributed by atoms with Gasteiger partial charge in [-0.25, -0.2) is 4.68 Å². The number of nitrogens with one attached hydrogen (secondary N) is 1. The van der Waals surface area contributed by atoms with Gasteiger partial charge >= 0.3 is 6.18 Å². The number of carbonyl (C=O) groups excluding carboxylic acids is 1. The molecule has 0 radical (unpaired) electrons. The molecule has 0 saturated heterocycles. The van der Waals surface area contributed by atoms with Crippen molar-refractivity contribution in [3.63, 3.8) is 0 Å². The summed E-state index contributed by atoms with van der Waals surface area (Å²) in [5.41, 5.74) is 1.05. The average molecular weight is 569 g/mol. The third kappa shape index (κ3) is 6.04. The number of alkyl halides is 3. The molecule has 37 heavy (non-hydrogen) atoms. The van der Waals surface area contributed by atoms with E-state index in [9.17, 15) is 18.0 Å². The number of ether oxygens (including phenoxy) is 1. The summed E-state index contributed by atoms with van der Waals surface area (Å²) in [6.07, 6.45) is -4.67. The number of aromatic nitrogens is 2. The van der Waals surface area contributed by atoms with Crippen molar-refractivity contribution in [1.82, 2.24) is 15.1 Å². The minimum Gasteiger partial charge on any atom is -0.487 e. The van der Waals surface area contributed by atoms with Crippen LogP contribution in [0.5, 0.6) is 5.75 Å². The first-order valence-electron chi connectivity index (χ1n) is 11.0. The molecule has 0 bridgehead atoms. The van der Waals surface area contributed by atoms with Crippen molar-refractivity contribution in [1.29, 1.82) is 0 Å². The van der Waals surface area contributed by atoms with Crippen LogP contribution in [0.1, 0.15) is 28.7 Å². The summed E-state index contributed by atoms with van der Waals surface area (Å²) in [7, 11) is 0. The molecule has 1 heterocycles. The summed E-state index contributed by atoms with van der Waals surface area (Å²) >= 11 is 18.6. The van der Waals surface area contributed by atoms with Crippen molar-refractivity contribution in [3.8, 4) is 22.6 Å². The number of halogens is 6. The van der Waals surface area contributed by atoms with E-state index < -0.39 is 11.9 Å². The van der Waals surface area contributed by atoms with E-state index in [1.54, 1.807) is 48.5 Å². The Morgan fingerprint density at radius 3 is 2.22 bits per heavy atom. The molecule has 4 rings (SSSR count). The Morgan fingerprint density at radius 2 is 1.59 bits per heavy atom. The van der Waals surface area contributed by atoms with E-state index in [0.29, 0.717) is 22.9 Å². The van der Waals surface area contributed by atoms with Crippen molar-refractivity contribution in [2.75, 3.05) is 6.54 Å². The van der Waals surface area contributed by atoms with Crippen molar-refractivity contribution in [2.45, 2.75) is 19.7 Å². The lowest BCUT2D eigenvalue weighted by Crippen LogP contribution is -2.22. The second-order valence-electron chi connectivity index (χ2n) is 7.87. The van der Waals surface area contributed by atoms with Crippen molar-refractivity contribution < 1.29 is 22.7 Å². The van der Waals surface area contributed by atoms with Gasteiger partial charge in [-0.3, -0.25) is 4.79 Å². The van der Waals surface area contributed by atoms with Crippen LogP contribution < -0.4 is 10.1 Å². The number of amides is 1. The van der Waals surface area contributed by atoms with E-state index in [4.69, 9.17) is 39.5 Å². The molecule has 0 atom stereocenters. The molecule has 5 nitrogen and oxygen atoms in total. The van der Waals surface area contributed by atoms with E-state index in [-0.39, 0.29) is 33.9 Å². The first kappa shape index (κ1) is 26.9. The zero-order valence-corrected chi connectivity index (χ0v) is 21.5. The fraction of sp³-hybridized carbons (Fsp3) is 0.154. The number of benzene rings is 3. The van der Waals surface area contributed by atoms with E-state index in [1.807, 2.05) is 6.92 Å². The van der Waals surface area contributed by atoms with Gasteiger partial charge in [0, 0.05) is 6.54 Å². The fourth-order valence-electron chi connectivity index (χ4n) is 3.58. The summed E-state index contributed by atoms with van der Waals surface area (Å²) in [4.78, 5) is 12.2. The lowest BCUT2D eigenvalue weighted by Gasteiger charge is -2.12. The summed E-state index contributed by atoms with van der Waals surface area (Å²) in [6.45, 7) is 2.05. The van der Waals surface area contributed by atoms with E-state index in [2.05, 4.69) is 10.4 Å². The third-order valence-corrected chi connectivity index (χ3v) is 6.29. The molecule has 1 N–H and O–H groups in total. The monoisotopic (exact) mass is 567 g/mol. The smallest absolute Gasteiger partial charge is 0.435 e. The largest absolute Gasteiger partial charge is 0.487 e. The van der Waals surface area contributed by atoms with Gasteiger partial charge in [-0.1, -0.05) is 59.1 Å². The summed E-state index contributed by atoms with van der Waals surface area (Å²) < 4.78 is 47.0. The summed E-state index contributed by atoms with van der Waals surface area (Å²) in [5.74, 6) is 0.135. The molecule has 1 aromatic heterocycles. The standard InChI is InChI=1S/C26H19Cl3F3N3O2/c1-2-33-25(36)19-12-16(8-11-20(19)27)15-6-9-18(10-7-15)37-14-17-13-23(26(30,31)32)34-35(17)24-21(28)4-3-5-22(24)29/h3-13H,2,14H2,1H3,(H,33,36). The molecule has 0 fully saturated rings. The predicted octanol–water partition coefficient (Wildman–Crippen LogP) is 7.85. The molecule has 0 unspecified atom stereocenters. The van der Waals surface area contributed by atoms with Gasteiger partial charge in [0.05, 0.1) is 26.3 Å². The average Bonchev–Trinajstić information content (AvgIpc) is 3.28. The highest BCUT2D eigenvalue weighted by atomic mass is 35.5. The SMILES string of the molecule is CCNC(=O)c1cc(-c2ccc(OCc3cc(C(F)(F)F)nn3-c3c(Cl)cccc3Cl)cc2)ccc1Cl. The molecule has 0 saturated carbocycles. The molecule has 3 aromatic carbocycles. The maximum atomic E-state index is 13.4. The fourth-order valence-corrected chi connectivity index (χ4v) is 4.34. The predicted molar refractivity (Wildman–Crippen MR) is 138 cm³/mol. The van der Waals surface area contributed by atoms with Crippen LogP contribution in [0.25, 0.3) is 16.8 Å². The highest BCUT2D eigenvalue weighted by molar-refractivity contribution is 6.37. The van der Waals surface area contributed by atoms with Crippen LogP contribution in [0.2, 0.25) is 15.1 Å². The van der Waals surface area contributed by atoms with Crippen molar-refractivity contribution in [2.24, 2.45) is 0 Å². The molecule has 0 aliphatic rings. The van der Waals surface area contributed by atoms with Crippen LogP contribution in [0.15, 0.2) is 66.7 Å². The Hall–Kier alpha value is -3.20. The summed E-state index contributed by atoms with van der Waals surface area (Å²) in [6, 6.07) is 17.5. The van der Waals surface area contributed by atoms with Crippen LogP contribution in [0.3, 0.4) is 0 Å². The number of hydrogen-bond donors (Lipinski definition) is 1. The Kier molecular flexibility index (Phi) is 8.02. The first-order chi connectivity index (χ1) is 17.6. The number of nitrogens with zero attached hydrogens (tertiary/aromatic N) is 2. The molecule has 11 heteroatoms. The van der Waals surface area contributed by atoms with E-state index >= 15 is 0 Å². The minimum atomic E-state index is -4.67. The molecule has 0 aliphatic heterocycles. The molecule has 1 amide bonds. The van der Waals surface area contributed by atoms with Crippen LogP contribution >= 0.6 is 34.8 Å². The number of hydrogen-bond acceptors (Lipinski definition) is 3. The lowest BCUT2D eigenvalue weighted by atomic mass is 10.0. The third-order valence-electron chi connectivity index (χ3n) is 5.35. The van der Waals surface area contributed by atoms with Gasteiger partial charge in [0.25, 0.3) is 5.91 Å². The van der Waals surface area contributed by atoms with Crippen molar-refractivity contribution >= 4 is 40.7 Å². The van der Waals surface area contributed by atoms with Crippen LogP contribution in [-0.2, 0) is 12.8 Å². The van der Waals surface area contributed by atoms with Gasteiger partial charge < -0.3 is 10.1 Å². The second-order valence-corrected chi connectivity index (χ2v) is 9.09. The van der Waals surface area contributed by atoms with E-state index in [0.717, 1.165) is 21.9 Å². The Balaban J connectivity index is 1.58. The molecule has 192 valence electrons. The van der Waals surface area contributed by atoms with Gasteiger partial charge in [-0.15, -0.1) is 0 Å². The van der Waals surface area contributed by atoms with Crippen molar-refractivity contribution in [3.05, 3.63) is 98.7 Å². The molecular weight excluding hydrogens is 550 g/mol. The zero-order chi connectivity index (χ0) is 26.7. The van der Waals surface area contributed by atoms with Gasteiger partial charge in [0.15, 0.2) is 5.69 Å². The molecule has 0 aliphatic carbocycles. The Bertz CT molecular complexity index is 1420. The Morgan fingerprint density at radius 1 is 0.946 bits per heavy atom. The minimum absolute atomic E-state index is 0.107. The topological polar surface area (TPSA) is 56.1 Å².